The molecule has 146 valence electrons. The first-order chi connectivity index (χ1) is 13.1. The summed E-state index contributed by atoms with van der Waals surface area (Å²) >= 11 is 7.37. The van der Waals surface area contributed by atoms with Gasteiger partial charge >= 0.3 is 12.0 Å². The molecule has 1 aromatic rings. The lowest BCUT2D eigenvalue weighted by atomic mass is 10.0. The summed E-state index contributed by atoms with van der Waals surface area (Å²) < 4.78 is 5.28. The van der Waals surface area contributed by atoms with Gasteiger partial charge in [-0.15, -0.1) is 11.6 Å². The molecule has 0 aliphatic carbocycles. The number of amides is 3. The van der Waals surface area contributed by atoms with Crippen LogP contribution in [0.4, 0.5) is 4.79 Å². The van der Waals surface area contributed by atoms with Crippen LogP contribution in [0.3, 0.4) is 0 Å². The van der Waals surface area contributed by atoms with Crippen LogP contribution in [0.5, 0.6) is 0 Å². The van der Waals surface area contributed by atoms with Gasteiger partial charge in [0.15, 0.2) is 0 Å². The predicted molar refractivity (Wildman–Crippen MR) is 105 cm³/mol. The van der Waals surface area contributed by atoms with Crippen LogP contribution >= 0.6 is 23.4 Å². The van der Waals surface area contributed by atoms with Crippen molar-refractivity contribution < 1.29 is 19.1 Å². The third kappa shape index (κ3) is 4.96. The Kier molecular flexibility index (Phi) is 7.01. The number of esters is 1. The van der Waals surface area contributed by atoms with Gasteiger partial charge < -0.3 is 10.1 Å². The van der Waals surface area contributed by atoms with Crippen molar-refractivity contribution in [3.8, 4) is 0 Å². The zero-order valence-corrected chi connectivity index (χ0v) is 16.5. The van der Waals surface area contributed by atoms with Gasteiger partial charge in [-0.05, 0) is 18.4 Å². The van der Waals surface area contributed by atoms with Crippen molar-refractivity contribution in [2.45, 2.75) is 49.6 Å². The van der Waals surface area contributed by atoms with Gasteiger partial charge in [-0.2, -0.15) is 11.8 Å². The molecular formula is C19H23ClN2O4S. The Morgan fingerprint density at radius 2 is 2.04 bits per heavy atom. The third-order valence-corrected chi connectivity index (χ3v) is 6.60. The fourth-order valence-corrected chi connectivity index (χ4v) is 5.23. The molecule has 1 N–H and O–H groups in total. The Bertz CT molecular complexity index is 688. The summed E-state index contributed by atoms with van der Waals surface area (Å²) in [5.41, 5.74) is 0.979. The molecule has 2 saturated heterocycles. The van der Waals surface area contributed by atoms with Gasteiger partial charge in [-0.25, -0.2) is 4.79 Å². The van der Waals surface area contributed by atoms with Crippen molar-refractivity contribution in [1.82, 2.24) is 10.2 Å². The minimum Gasteiger partial charge on any atom is -0.461 e. The molecule has 6 nitrogen and oxygen atoms in total. The topological polar surface area (TPSA) is 75.7 Å². The fourth-order valence-electron chi connectivity index (χ4n) is 3.51. The lowest BCUT2D eigenvalue weighted by molar-refractivity contribution is -0.145. The second-order valence-electron chi connectivity index (χ2n) is 6.70. The van der Waals surface area contributed by atoms with E-state index in [0.29, 0.717) is 13.0 Å². The largest absolute Gasteiger partial charge is 0.461 e. The second kappa shape index (κ2) is 9.46. The summed E-state index contributed by atoms with van der Waals surface area (Å²) in [6.45, 7) is 0.304. The molecule has 3 rings (SSSR count). The molecule has 2 heterocycles. The van der Waals surface area contributed by atoms with Crippen molar-refractivity contribution >= 4 is 41.3 Å². The van der Waals surface area contributed by atoms with E-state index in [0.717, 1.165) is 30.6 Å². The molecule has 3 amide bonds. The number of hydrogen-bond donors (Lipinski definition) is 1. The molecule has 0 radical (unpaired) electrons. The standard InChI is InChI=1S/C19H23ClN2O4S/c20-10-16(23)22-14-12-27-15(18(14)21-19(22)25)8-4-5-9-17(24)26-11-13-6-2-1-3-7-13/h1-3,6-7,14-15,18H,4-5,8-12H2,(H,21,25)/t14-,15-,18-/m0/s1. The highest BCUT2D eigenvalue weighted by molar-refractivity contribution is 8.00. The first-order valence-corrected chi connectivity index (χ1v) is 10.7. The van der Waals surface area contributed by atoms with Gasteiger partial charge in [0.2, 0.25) is 5.91 Å². The normalized spacial score (nSPS) is 23.8. The molecule has 8 heteroatoms. The maximum Gasteiger partial charge on any atom is 0.324 e. The molecular weight excluding hydrogens is 388 g/mol. The Balaban J connectivity index is 1.36. The molecule has 2 aliphatic heterocycles. The number of nitrogens with one attached hydrogen (secondary N) is 1. The number of fused-ring (bicyclic) bond motifs is 1. The molecule has 3 atom stereocenters. The maximum absolute atomic E-state index is 12.0. The molecule has 1 aromatic carbocycles. The summed E-state index contributed by atoms with van der Waals surface area (Å²) in [7, 11) is 0. The van der Waals surface area contributed by atoms with Crippen molar-refractivity contribution in [2.75, 3.05) is 11.6 Å². The van der Waals surface area contributed by atoms with Gasteiger partial charge in [0, 0.05) is 17.4 Å². The quantitative estimate of drug-likeness (QED) is 0.308. The van der Waals surface area contributed by atoms with Crippen LogP contribution < -0.4 is 5.32 Å². The number of unbranched alkanes of at least 4 members (excludes halogenated alkanes) is 1. The number of ether oxygens (including phenoxy) is 1. The molecule has 2 aliphatic rings. The number of nitrogens with zero attached hydrogens (tertiary/aromatic N) is 1. The SMILES string of the molecule is O=C(CCCC[C@@H]1SC[C@H]2[C@@H]1NC(=O)N2C(=O)CCl)OCc1ccccc1. The number of thioether (sulfide) groups is 1. The van der Waals surface area contributed by atoms with Crippen LogP contribution in [0.15, 0.2) is 30.3 Å². The molecule has 0 saturated carbocycles. The van der Waals surface area contributed by atoms with E-state index in [9.17, 15) is 14.4 Å². The van der Waals surface area contributed by atoms with Crippen LogP contribution in [0.2, 0.25) is 0 Å². The highest BCUT2D eigenvalue weighted by Crippen LogP contribution is 2.37. The first kappa shape index (κ1) is 20.0. The van der Waals surface area contributed by atoms with Crippen molar-refractivity contribution in [1.29, 1.82) is 0 Å². The minimum atomic E-state index is -0.343. The molecule has 0 spiro atoms. The van der Waals surface area contributed by atoms with Gasteiger partial charge in [-0.3, -0.25) is 14.5 Å². The van der Waals surface area contributed by atoms with Gasteiger partial charge in [0.1, 0.15) is 12.5 Å². The van der Waals surface area contributed by atoms with E-state index < -0.39 is 0 Å². The zero-order chi connectivity index (χ0) is 19.2. The Labute approximate surface area is 167 Å². The van der Waals surface area contributed by atoms with Crippen molar-refractivity contribution in [3.63, 3.8) is 0 Å². The van der Waals surface area contributed by atoms with E-state index in [4.69, 9.17) is 16.3 Å². The maximum atomic E-state index is 12.0. The fraction of sp³-hybridized carbons (Fsp3) is 0.526. The van der Waals surface area contributed by atoms with E-state index in [1.165, 1.54) is 4.90 Å². The summed E-state index contributed by atoms with van der Waals surface area (Å²) in [6.07, 6.45) is 2.91. The molecule has 0 aromatic heterocycles. The average molecular weight is 411 g/mol. The Hall–Kier alpha value is -1.73. The number of benzene rings is 1. The number of imide groups is 1. The van der Waals surface area contributed by atoms with Crippen LogP contribution in [0.1, 0.15) is 31.2 Å². The lowest BCUT2D eigenvalue weighted by Gasteiger charge is -2.19. The van der Waals surface area contributed by atoms with E-state index >= 15 is 0 Å². The van der Waals surface area contributed by atoms with Gasteiger partial charge in [0.25, 0.3) is 0 Å². The number of halogens is 1. The molecule has 0 unspecified atom stereocenters. The van der Waals surface area contributed by atoms with Crippen LogP contribution in [-0.4, -0.2) is 51.8 Å². The molecule has 27 heavy (non-hydrogen) atoms. The van der Waals surface area contributed by atoms with E-state index in [-0.39, 0.29) is 41.1 Å². The number of carbonyl (C=O) groups is 3. The Morgan fingerprint density at radius 1 is 1.26 bits per heavy atom. The second-order valence-corrected chi connectivity index (χ2v) is 8.24. The summed E-state index contributed by atoms with van der Waals surface area (Å²) in [6, 6.07) is 9.12. The van der Waals surface area contributed by atoms with E-state index in [1.54, 1.807) is 11.8 Å². The average Bonchev–Trinajstić information content (AvgIpc) is 3.21. The predicted octanol–water partition coefficient (Wildman–Crippen LogP) is 2.93. The first-order valence-electron chi connectivity index (χ1n) is 9.10. The van der Waals surface area contributed by atoms with E-state index in [1.807, 2.05) is 30.3 Å². The number of rotatable bonds is 8. The number of urea groups is 1. The third-order valence-electron chi connectivity index (χ3n) is 4.88. The summed E-state index contributed by atoms with van der Waals surface area (Å²) in [4.78, 5) is 37.0. The van der Waals surface area contributed by atoms with Gasteiger partial charge in [-0.1, -0.05) is 36.8 Å². The van der Waals surface area contributed by atoms with Crippen LogP contribution in [0, 0.1) is 0 Å². The highest BCUT2D eigenvalue weighted by Gasteiger charge is 2.49. The van der Waals surface area contributed by atoms with E-state index in [2.05, 4.69) is 5.32 Å². The van der Waals surface area contributed by atoms with Gasteiger partial charge in [0.05, 0.1) is 12.1 Å². The smallest absolute Gasteiger partial charge is 0.324 e. The zero-order valence-electron chi connectivity index (χ0n) is 14.9. The van der Waals surface area contributed by atoms with Crippen LogP contribution in [-0.2, 0) is 20.9 Å². The van der Waals surface area contributed by atoms with Crippen molar-refractivity contribution in [3.05, 3.63) is 35.9 Å². The number of hydrogen-bond acceptors (Lipinski definition) is 5. The number of alkyl halides is 1. The Morgan fingerprint density at radius 3 is 2.78 bits per heavy atom. The van der Waals surface area contributed by atoms with Crippen molar-refractivity contribution in [2.24, 2.45) is 0 Å². The lowest BCUT2D eigenvalue weighted by Crippen LogP contribution is -2.42. The summed E-state index contributed by atoms with van der Waals surface area (Å²) in [5, 5.41) is 3.17. The minimum absolute atomic E-state index is 0.0281. The monoisotopic (exact) mass is 410 g/mol. The highest BCUT2D eigenvalue weighted by atomic mass is 35.5. The van der Waals surface area contributed by atoms with Crippen LogP contribution in [0.25, 0.3) is 0 Å². The molecule has 0 bridgehead atoms. The molecule has 2 fully saturated rings. The number of carbonyl (C=O) groups excluding carboxylic acids is 3. The summed E-state index contributed by atoms with van der Waals surface area (Å²) in [5.74, 6) is 0.0142.